The van der Waals surface area contributed by atoms with Gasteiger partial charge in [-0.05, 0) is 45.6 Å². The molecule has 1 aromatic rings. The van der Waals surface area contributed by atoms with Crippen LogP contribution >= 0.6 is 0 Å². The van der Waals surface area contributed by atoms with Gasteiger partial charge in [0.15, 0.2) is 0 Å². The third-order valence-corrected chi connectivity index (χ3v) is 4.65. The summed E-state index contributed by atoms with van der Waals surface area (Å²) in [5.74, 6) is 1.42. The molecule has 2 rings (SSSR count). The highest BCUT2D eigenvalue weighted by molar-refractivity contribution is 5.09. The normalized spacial score (nSPS) is 23.4. The lowest BCUT2D eigenvalue weighted by molar-refractivity contribution is -0.0583. The van der Waals surface area contributed by atoms with E-state index in [0.717, 1.165) is 44.5 Å². The Morgan fingerprint density at radius 1 is 1.30 bits per heavy atom. The second-order valence-corrected chi connectivity index (χ2v) is 5.52. The predicted octanol–water partition coefficient (Wildman–Crippen LogP) is 3.11. The molecule has 1 aliphatic rings. The van der Waals surface area contributed by atoms with Crippen LogP contribution < -0.4 is 5.32 Å². The summed E-state index contributed by atoms with van der Waals surface area (Å²) in [6.07, 6.45) is 4.88. The van der Waals surface area contributed by atoms with E-state index < -0.39 is 5.60 Å². The quantitative estimate of drug-likeness (QED) is 0.832. The van der Waals surface area contributed by atoms with E-state index in [0.29, 0.717) is 12.4 Å². The van der Waals surface area contributed by atoms with Crippen LogP contribution in [0.4, 0.5) is 0 Å². The van der Waals surface area contributed by atoms with E-state index >= 15 is 0 Å². The van der Waals surface area contributed by atoms with Crippen LogP contribution in [0.3, 0.4) is 0 Å². The van der Waals surface area contributed by atoms with Crippen LogP contribution in [0.25, 0.3) is 0 Å². The van der Waals surface area contributed by atoms with Crippen LogP contribution in [0.1, 0.15) is 71.5 Å². The van der Waals surface area contributed by atoms with Crippen LogP contribution in [-0.2, 0) is 15.9 Å². The SMILES string of the molecule is CCOC(CC)(CC)c1noc(C2(CC)CCCN2)n1. The molecule has 114 valence electrons. The van der Waals surface area contributed by atoms with Crippen molar-refractivity contribution in [3.63, 3.8) is 0 Å². The van der Waals surface area contributed by atoms with Crippen molar-refractivity contribution < 1.29 is 9.26 Å². The molecule has 0 aliphatic carbocycles. The summed E-state index contributed by atoms with van der Waals surface area (Å²) in [6.45, 7) is 10.1. The van der Waals surface area contributed by atoms with E-state index in [1.807, 2.05) is 6.92 Å². The lowest BCUT2D eigenvalue weighted by Crippen LogP contribution is -2.37. The molecule has 0 amide bonds. The minimum absolute atomic E-state index is 0.134. The van der Waals surface area contributed by atoms with Gasteiger partial charge in [-0.3, -0.25) is 0 Å². The van der Waals surface area contributed by atoms with Crippen molar-refractivity contribution in [3.05, 3.63) is 11.7 Å². The van der Waals surface area contributed by atoms with Gasteiger partial charge >= 0.3 is 0 Å². The molecule has 5 heteroatoms. The molecule has 0 saturated carbocycles. The van der Waals surface area contributed by atoms with Crippen molar-refractivity contribution in [2.45, 2.75) is 70.9 Å². The molecule has 1 unspecified atom stereocenters. The molecular formula is C15H27N3O2. The number of nitrogens with one attached hydrogen (secondary N) is 1. The molecule has 2 heterocycles. The number of hydrogen-bond donors (Lipinski definition) is 1. The number of aromatic nitrogens is 2. The number of hydrogen-bond acceptors (Lipinski definition) is 5. The van der Waals surface area contributed by atoms with Crippen LogP contribution in [0.2, 0.25) is 0 Å². The minimum Gasteiger partial charge on any atom is -0.367 e. The Kier molecular flexibility index (Phi) is 4.81. The molecule has 1 aromatic heterocycles. The largest absolute Gasteiger partial charge is 0.367 e. The van der Waals surface area contributed by atoms with Gasteiger partial charge in [0.05, 0.1) is 5.54 Å². The van der Waals surface area contributed by atoms with E-state index in [-0.39, 0.29) is 5.54 Å². The number of nitrogens with zero attached hydrogens (tertiary/aromatic N) is 2. The second kappa shape index (κ2) is 6.22. The van der Waals surface area contributed by atoms with Crippen LogP contribution in [-0.4, -0.2) is 23.3 Å². The lowest BCUT2D eigenvalue weighted by Gasteiger charge is -2.28. The maximum Gasteiger partial charge on any atom is 0.247 e. The van der Waals surface area contributed by atoms with Gasteiger partial charge < -0.3 is 14.6 Å². The average Bonchev–Trinajstić information content (AvgIpc) is 3.14. The molecule has 1 N–H and O–H groups in total. The topological polar surface area (TPSA) is 60.2 Å². The van der Waals surface area contributed by atoms with Gasteiger partial charge in [-0.15, -0.1) is 0 Å². The summed E-state index contributed by atoms with van der Waals surface area (Å²) in [7, 11) is 0. The third kappa shape index (κ3) is 2.49. The summed E-state index contributed by atoms with van der Waals surface area (Å²) in [5.41, 5.74) is -0.547. The molecule has 1 aliphatic heterocycles. The van der Waals surface area contributed by atoms with E-state index in [1.54, 1.807) is 0 Å². The van der Waals surface area contributed by atoms with Crippen molar-refractivity contribution in [1.82, 2.24) is 15.5 Å². The monoisotopic (exact) mass is 281 g/mol. The van der Waals surface area contributed by atoms with Crippen LogP contribution in [0.15, 0.2) is 4.52 Å². The van der Waals surface area contributed by atoms with Gasteiger partial charge in [-0.2, -0.15) is 4.98 Å². The number of rotatable bonds is 7. The highest BCUT2D eigenvalue weighted by atomic mass is 16.5. The summed E-state index contributed by atoms with van der Waals surface area (Å²) >= 11 is 0. The lowest BCUT2D eigenvalue weighted by atomic mass is 9.93. The molecule has 0 aromatic carbocycles. The van der Waals surface area contributed by atoms with E-state index in [1.165, 1.54) is 0 Å². The Balaban J connectivity index is 2.31. The Hall–Kier alpha value is -0.940. The average molecular weight is 281 g/mol. The van der Waals surface area contributed by atoms with Gasteiger partial charge in [-0.25, -0.2) is 0 Å². The Bertz CT molecular complexity index is 421. The zero-order valence-corrected chi connectivity index (χ0v) is 13.2. The molecule has 0 spiro atoms. The second-order valence-electron chi connectivity index (χ2n) is 5.52. The molecule has 0 bridgehead atoms. The fourth-order valence-electron chi connectivity index (χ4n) is 3.16. The van der Waals surface area contributed by atoms with Crippen molar-refractivity contribution in [2.75, 3.05) is 13.2 Å². The first kappa shape index (κ1) is 15.4. The fourth-order valence-corrected chi connectivity index (χ4v) is 3.16. The summed E-state index contributed by atoms with van der Waals surface area (Å²) in [5, 5.41) is 7.77. The summed E-state index contributed by atoms with van der Waals surface area (Å²) in [6, 6.07) is 0. The Labute approximate surface area is 121 Å². The first-order valence-electron chi connectivity index (χ1n) is 7.90. The van der Waals surface area contributed by atoms with Gasteiger partial charge in [0.25, 0.3) is 0 Å². The highest BCUT2D eigenvalue weighted by Crippen LogP contribution is 2.36. The van der Waals surface area contributed by atoms with Crippen molar-refractivity contribution in [1.29, 1.82) is 0 Å². The molecule has 20 heavy (non-hydrogen) atoms. The smallest absolute Gasteiger partial charge is 0.247 e. The molecular weight excluding hydrogens is 254 g/mol. The first-order chi connectivity index (χ1) is 9.66. The Morgan fingerprint density at radius 2 is 2.05 bits per heavy atom. The zero-order chi connectivity index (χ0) is 14.6. The standard InChI is InChI=1S/C15H27N3O2/c1-5-14(10-9-11-16-14)13-17-12(18-20-13)15(6-2,7-3)19-8-4/h16H,5-11H2,1-4H3. The van der Waals surface area contributed by atoms with E-state index in [2.05, 4.69) is 31.2 Å². The maximum absolute atomic E-state index is 5.95. The van der Waals surface area contributed by atoms with Gasteiger partial charge in [0, 0.05) is 6.61 Å². The van der Waals surface area contributed by atoms with E-state index in [9.17, 15) is 0 Å². The third-order valence-electron chi connectivity index (χ3n) is 4.65. The first-order valence-corrected chi connectivity index (χ1v) is 7.90. The van der Waals surface area contributed by atoms with Crippen LogP contribution in [0.5, 0.6) is 0 Å². The van der Waals surface area contributed by atoms with Gasteiger partial charge in [0.1, 0.15) is 5.60 Å². The molecule has 1 fully saturated rings. The van der Waals surface area contributed by atoms with E-state index in [4.69, 9.17) is 14.2 Å². The number of ether oxygens (including phenoxy) is 1. The fraction of sp³-hybridized carbons (Fsp3) is 0.867. The Morgan fingerprint density at radius 3 is 2.55 bits per heavy atom. The van der Waals surface area contributed by atoms with Gasteiger partial charge in [-0.1, -0.05) is 25.9 Å². The predicted molar refractivity (Wildman–Crippen MR) is 77.4 cm³/mol. The molecule has 5 nitrogen and oxygen atoms in total. The molecule has 0 radical (unpaired) electrons. The maximum atomic E-state index is 5.95. The van der Waals surface area contributed by atoms with Crippen molar-refractivity contribution in [2.24, 2.45) is 0 Å². The minimum atomic E-state index is -0.413. The molecule has 1 atom stereocenters. The summed E-state index contributed by atoms with van der Waals surface area (Å²) in [4.78, 5) is 4.70. The highest BCUT2D eigenvalue weighted by Gasteiger charge is 2.41. The van der Waals surface area contributed by atoms with Crippen molar-refractivity contribution in [3.8, 4) is 0 Å². The van der Waals surface area contributed by atoms with Crippen LogP contribution in [0, 0.1) is 0 Å². The molecule has 1 saturated heterocycles. The zero-order valence-electron chi connectivity index (χ0n) is 13.2. The summed E-state index contributed by atoms with van der Waals surface area (Å²) < 4.78 is 11.5. The van der Waals surface area contributed by atoms with Gasteiger partial charge in [0.2, 0.25) is 11.7 Å². The van der Waals surface area contributed by atoms with Crippen molar-refractivity contribution >= 4 is 0 Å².